The van der Waals surface area contributed by atoms with Gasteiger partial charge in [-0.3, -0.25) is 9.59 Å². The summed E-state index contributed by atoms with van der Waals surface area (Å²) in [6.45, 7) is 6.84. The van der Waals surface area contributed by atoms with E-state index in [2.05, 4.69) is 20.8 Å². The second-order valence-electron chi connectivity index (χ2n) is 11.1. The molecule has 0 saturated heterocycles. The summed E-state index contributed by atoms with van der Waals surface area (Å²) in [6, 6.07) is 0. The predicted octanol–water partition coefficient (Wildman–Crippen LogP) is 10.0. The van der Waals surface area contributed by atoms with Gasteiger partial charge in [0, 0.05) is 6.42 Å². The van der Waals surface area contributed by atoms with Gasteiger partial charge in [-0.2, -0.15) is 0 Å². The van der Waals surface area contributed by atoms with Crippen molar-refractivity contribution in [3.63, 3.8) is 0 Å². The highest BCUT2D eigenvalue weighted by Crippen LogP contribution is 2.17. The monoisotopic (exact) mass is 496 g/mol. The summed E-state index contributed by atoms with van der Waals surface area (Å²) in [5.41, 5.74) is 0. The lowest BCUT2D eigenvalue weighted by atomic mass is 10.0. The molecule has 0 heterocycles. The molecule has 0 aromatic rings. The number of hydrogen-bond donors (Lipinski definition) is 1. The molecule has 0 aliphatic heterocycles. The Bertz CT molecular complexity index is 475. The van der Waals surface area contributed by atoms with Gasteiger partial charge in [-0.1, -0.05) is 143 Å². The number of carbonyl (C=O) groups excluding carboxylic acids is 1. The van der Waals surface area contributed by atoms with Gasteiger partial charge in [-0.15, -0.1) is 0 Å². The lowest BCUT2D eigenvalue weighted by Crippen LogP contribution is -2.21. The summed E-state index contributed by atoms with van der Waals surface area (Å²) in [7, 11) is 0. The maximum absolute atomic E-state index is 12.2. The third kappa shape index (κ3) is 27.4. The van der Waals surface area contributed by atoms with Crippen molar-refractivity contribution < 1.29 is 19.4 Å². The zero-order valence-electron chi connectivity index (χ0n) is 23.8. The molecule has 0 aromatic carbocycles. The van der Waals surface area contributed by atoms with Crippen LogP contribution in [-0.4, -0.2) is 23.1 Å². The van der Waals surface area contributed by atoms with E-state index in [1.807, 2.05) is 0 Å². The molecule has 0 amide bonds. The topological polar surface area (TPSA) is 63.6 Å². The average molecular weight is 497 g/mol. The van der Waals surface area contributed by atoms with E-state index in [0.29, 0.717) is 12.8 Å². The van der Waals surface area contributed by atoms with Crippen LogP contribution in [0.1, 0.15) is 175 Å². The van der Waals surface area contributed by atoms with Gasteiger partial charge in [0.15, 0.2) is 0 Å². The molecule has 4 nitrogen and oxygen atoms in total. The molecule has 0 rings (SSSR count). The van der Waals surface area contributed by atoms with Gasteiger partial charge >= 0.3 is 11.9 Å². The number of carboxylic acids is 1. The summed E-state index contributed by atoms with van der Waals surface area (Å²) < 4.78 is 5.53. The second kappa shape index (κ2) is 26.0. The van der Waals surface area contributed by atoms with E-state index < -0.39 is 12.1 Å². The van der Waals surface area contributed by atoms with Crippen LogP contribution in [0.25, 0.3) is 0 Å². The molecule has 1 atom stereocenters. The molecular weight excluding hydrogens is 436 g/mol. The van der Waals surface area contributed by atoms with Crippen molar-refractivity contribution in [3.8, 4) is 0 Å². The first-order valence-electron chi connectivity index (χ1n) is 15.4. The maximum atomic E-state index is 12.2. The van der Waals surface area contributed by atoms with Crippen LogP contribution in [0.5, 0.6) is 0 Å². The van der Waals surface area contributed by atoms with Crippen molar-refractivity contribution in [1.82, 2.24) is 0 Å². The summed E-state index contributed by atoms with van der Waals surface area (Å²) in [5, 5.41) is 9.17. The third-order valence-corrected chi connectivity index (χ3v) is 6.99. The largest absolute Gasteiger partial charge is 0.481 e. The number of unbranched alkanes of at least 4 members (excludes halogenated alkanes) is 18. The van der Waals surface area contributed by atoms with E-state index in [1.165, 1.54) is 109 Å². The van der Waals surface area contributed by atoms with Crippen LogP contribution < -0.4 is 0 Å². The van der Waals surface area contributed by atoms with Gasteiger partial charge in [0.1, 0.15) is 6.10 Å². The standard InChI is InChI=1S/C31H60O4/c1-4-5-6-7-8-9-10-13-16-19-22-25-29(27-30(32)33)35-31(34)26-23-20-17-14-11-12-15-18-21-24-28(2)3/h28-29H,4-27H2,1-3H3,(H,32,33). The highest BCUT2D eigenvalue weighted by Gasteiger charge is 2.17. The third-order valence-electron chi connectivity index (χ3n) is 6.99. The lowest BCUT2D eigenvalue weighted by molar-refractivity contribution is -0.153. The molecule has 1 N–H and O–H groups in total. The van der Waals surface area contributed by atoms with Crippen molar-refractivity contribution >= 4 is 11.9 Å². The SMILES string of the molecule is CCCCCCCCCCCCCC(CC(=O)O)OC(=O)CCCCCCCCCCCC(C)C. The van der Waals surface area contributed by atoms with Crippen molar-refractivity contribution in [2.75, 3.05) is 0 Å². The van der Waals surface area contributed by atoms with E-state index in [1.54, 1.807) is 0 Å². The molecular formula is C31H60O4. The summed E-state index contributed by atoms with van der Waals surface area (Å²) >= 11 is 0. The van der Waals surface area contributed by atoms with Crippen LogP contribution in [0.4, 0.5) is 0 Å². The smallest absolute Gasteiger partial charge is 0.307 e. The summed E-state index contributed by atoms with van der Waals surface area (Å²) in [6.07, 6.45) is 26.9. The molecule has 0 aromatic heterocycles. The Morgan fingerprint density at radius 3 is 1.43 bits per heavy atom. The van der Waals surface area contributed by atoms with E-state index in [4.69, 9.17) is 4.74 Å². The fourth-order valence-electron chi connectivity index (χ4n) is 4.74. The van der Waals surface area contributed by atoms with Crippen LogP contribution in [-0.2, 0) is 14.3 Å². The molecule has 4 heteroatoms. The summed E-state index contributed by atoms with van der Waals surface area (Å²) in [4.78, 5) is 23.4. The fourth-order valence-corrected chi connectivity index (χ4v) is 4.74. The Morgan fingerprint density at radius 2 is 1.00 bits per heavy atom. The Morgan fingerprint density at radius 1 is 0.600 bits per heavy atom. The maximum Gasteiger partial charge on any atom is 0.307 e. The van der Waals surface area contributed by atoms with Gasteiger partial charge in [0.05, 0.1) is 6.42 Å². The lowest BCUT2D eigenvalue weighted by Gasteiger charge is -2.16. The van der Waals surface area contributed by atoms with Gasteiger partial charge in [0.25, 0.3) is 0 Å². The Balaban J connectivity index is 3.70. The van der Waals surface area contributed by atoms with Crippen LogP contribution in [0.3, 0.4) is 0 Å². The first-order valence-corrected chi connectivity index (χ1v) is 15.4. The van der Waals surface area contributed by atoms with E-state index in [-0.39, 0.29) is 12.4 Å². The molecule has 35 heavy (non-hydrogen) atoms. The highest BCUT2D eigenvalue weighted by molar-refractivity contribution is 5.71. The van der Waals surface area contributed by atoms with Gasteiger partial charge in [0.2, 0.25) is 0 Å². The van der Waals surface area contributed by atoms with Gasteiger partial charge < -0.3 is 9.84 Å². The number of hydrogen-bond acceptors (Lipinski definition) is 3. The highest BCUT2D eigenvalue weighted by atomic mass is 16.5. The number of carboxylic acid groups (broad SMARTS) is 1. The Hall–Kier alpha value is -1.06. The van der Waals surface area contributed by atoms with Gasteiger partial charge in [-0.25, -0.2) is 0 Å². The average Bonchev–Trinajstić information content (AvgIpc) is 2.80. The molecule has 208 valence electrons. The molecule has 0 aliphatic rings. The van der Waals surface area contributed by atoms with Crippen LogP contribution in [0.15, 0.2) is 0 Å². The van der Waals surface area contributed by atoms with Crippen molar-refractivity contribution in [2.45, 2.75) is 181 Å². The van der Waals surface area contributed by atoms with Crippen molar-refractivity contribution in [1.29, 1.82) is 0 Å². The molecule has 0 spiro atoms. The molecule has 0 fully saturated rings. The Kier molecular flexibility index (Phi) is 25.2. The fraction of sp³-hybridized carbons (Fsp3) is 0.935. The minimum atomic E-state index is -0.880. The molecule has 1 unspecified atom stereocenters. The van der Waals surface area contributed by atoms with E-state index in [9.17, 15) is 14.7 Å². The molecule has 0 bridgehead atoms. The van der Waals surface area contributed by atoms with Crippen LogP contribution in [0, 0.1) is 5.92 Å². The Labute approximate surface area is 218 Å². The zero-order chi connectivity index (χ0) is 26.0. The number of ether oxygens (including phenoxy) is 1. The number of aliphatic carboxylic acids is 1. The normalized spacial score (nSPS) is 12.2. The van der Waals surface area contributed by atoms with E-state index >= 15 is 0 Å². The quantitative estimate of drug-likeness (QED) is 0.0907. The second-order valence-corrected chi connectivity index (χ2v) is 11.1. The summed E-state index contributed by atoms with van der Waals surface area (Å²) in [5.74, 6) is -0.273. The van der Waals surface area contributed by atoms with Crippen molar-refractivity contribution in [2.24, 2.45) is 5.92 Å². The van der Waals surface area contributed by atoms with Crippen LogP contribution in [0.2, 0.25) is 0 Å². The molecule has 0 aliphatic carbocycles. The number of esters is 1. The van der Waals surface area contributed by atoms with Crippen LogP contribution >= 0.6 is 0 Å². The first-order chi connectivity index (χ1) is 17.0. The van der Waals surface area contributed by atoms with Crippen molar-refractivity contribution in [3.05, 3.63) is 0 Å². The van der Waals surface area contributed by atoms with Gasteiger partial charge in [-0.05, 0) is 25.2 Å². The predicted molar refractivity (Wildman–Crippen MR) is 149 cm³/mol. The number of rotatable bonds is 27. The van der Waals surface area contributed by atoms with E-state index in [0.717, 1.165) is 31.6 Å². The minimum Gasteiger partial charge on any atom is -0.481 e. The first kappa shape index (κ1) is 33.9. The zero-order valence-corrected chi connectivity index (χ0v) is 23.8. The molecule has 0 saturated carbocycles. The number of carbonyl (C=O) groups is 2. The minimum absolute atomic E-state index is 0.0688. The molecule has 0 radical (unpaired) electrons.